The number of carbonyl (C=O) groups is 1. The van der Waals surface area contributed by atoms with Gasteiger partial charge in [0.05, 0.1) is 5.69 Å². The van der Waals surface area contributed by atoms with Crippen LogP contribution in [-0.4, -0.2) is 40.1 Å². The fraction of sp³-hybridized carbons (Fsp3) is 0.789. The van der Waals surface area contributed by atoms with Gasteiger partial charge in [-0.2, -0.15) is 5.10 Å². The van der Waals surface area contributed by atoms with Gasteiger partial charge in [-0.05, 0) is 57.3 Å². The van der Waals surface area contributed by atoms with Crippen LogP contribution in [0.4, 0.5) is 0 Å². The van der Waals surface area contributed by atoms with Gasteiger partial charge in [0.1, 0.15) is 0 Å². The van der Waals surface area contributed by atoms with Crippen LogP contribution in [0.15, 0.2) is 0 Å². The summed E-state index contributed by atoms with van der Waals surface area (Å²) in [5.41, 5.74) is 3.60. The maximum atomic E-state index is 12.4. The minimum absolute atomic E-state index is 0.285. The summed E-state index contributed by atoms with van der Waals surface area (Å²) in [6, 6.07) is 0.345. The van der Waals surface area contributed by atoms with Crippen molar-refractivity contribution in [2.24, 2.45) is 17.8 Å². The van der Waals surface area contributed by atoms with Gasteiger partial charge in [-0.25, -0.2) is 0 Å². The zero-order valence-electron chi connectivity index (χ0n) is 15.0. The molecule has 24 heavy (non-hydrogen) atoms. The van der Waals surface area contributed by atoms with Crippen molar-refractivity contribution in [2.45, 2.75) is 65.0 Å². The number of amides is 1. The van der Waals surface area contributed by atoms with Crippen molar-refractivity contribution in [1.29, 1.82) is 0 Å². The van der Waals surface area contributed by atoms with E-state index in [-0.39, 0.29) is 5.91 Å². The average molecular weight is 330 g/mol. The first-order valence-electron chi connectivity index (χ1n) is 9.62. The lowest BCUT2D eigenvalue weighted by Gasteiger charge is -2.26. The van der Waals surface area contributed by atoms with Crippen molar-refractivity contribution >= 4 is 5.91 Å². The summed E-state index contributed by atoms with van der Waals surface area (Å²) in [6.45, 7) is 7.23. The standard InChI is InChI=1S/C19H30N4O/c1-12-16(13(2)22-21-12)9-23-10-17(15-6-7-15)18(11-23)20-19(24)8-14-4-3-5-14/h14-15,17-18H,3-11H2,1-2H3,(H,20,24)(H,21,22)/t17-,18+/m1/s1. The quantitative estimate of drug-likeness (QED) is 0.843. The van der Waals surface area contributed by atoms with Crippen LogP contribution >= 0.6 is 0 Å². The molecule has 0 aromatic carbocycles. The summed E-state index contributed by atoms with van der Waals surface area (Å²) in [7, 11) is 0. The SMILES string of the molecule is Cc1n[nH]c(C)c1CN1C[C@H](NC(=O)CC2CCC2)[C@@H](C2CC2)C1. The van der Waals surface area contributed by atoms with E-state index in [9.17, 15) is 4.79 Å². The lowest BCUT2D eigenvalue weighted by molar-refractivity contribution is -0.123. The van der Waals surface area contributed by atoms with Crippen LogP contribution in [0, 0.1) is 31.6 Å². The monoisotopic (exact) mass is 330 g/mol. The zero-order chi connectivity index (χ0) is 16.7. The number of aromatic amines is 1. The predicted octanol–water partition coefficient (Wildman–Crippen LogP) is 2.54. The molecule has 4 rings (SSSR count). The molecular formula is C19H30N4O. The molecule has 1 amide bonds. The van der Waals surface area contributed by atoms with Crippen LogP contribution in [0.25, 0.3) is 0 Å². The number of aromatic nitrogens is 2. The molecule has 2 N–H and O–H groups in total. The number of aryl methyl sites for hydroxylation is 2. The van der Waals surface area contributed by atoms with Gasteiger partial charge in [0.25, 0.3) is 0 Å². The number of carbonyl (C=O) groups excluding carboxylic acids is 1. The second-order valence-electron chi connectivity index (χ2n) is 8.28. The van der Waals surface area contributed by atoms with E-state index in [1.54, 1.807) is 0 Å². The van der Waals surface area contributed by atoms with E-state index < -0.39 is 0 Å². The van der Waals surface area contributed by atoms with Crippen molar-refractivity contribution in [3.8, 4) is 0 Å². The van der Waals surface area contributed by atoms with Gasteiger partial charge in [-0.3, -0.25) is 14.8 Å². The third-order valence-corrected chi connectivity index (χ3v) is 6.38. The van der Waals surface area contributed by atoms with Gasteiger partial charge in [0.2, 0.25) is 5.91 Å². The summed E-state index contributed by atoms with van der Waals surface area (Å²) < 4.78 is 0. The van der Waals surface area contributed by atoms with Crippen LogP contribution in [0.3, 0.4) is 0 Å². The van der Waals surface area contributed by atoms with Gasteiger partial charge in [0.15, 0.2) is 0 Å². The molecule has 1 aromatic heterocycles. The molecule has 5 heteroatoms. The lowest BCUT2D eigenvalue weighted by atomic mass is 9.82. The highest BCUT2D eigenvalue weighted by molar-refractivity contribution is 5.76. The molecule has 1 aromatic rings. The Bertz CT molecular complexity index is 583. The fourth-order valence-electron chi connectivity index (χ4n) is 4.45. The van der Waals surface area contributed by atoms with Crippen molar-refractivity contribution in [3.05, 3.63) is 17.0 Å². The van der Waals surface area contributed by atoms with Gasteiger partial charge in [0, 0.05) is 43.4 Å². The molecule has 132 valence electrons. The molecule has 5 nitrogen and oxygen atoms in total. The first-order chi connectivity index (χ1) is 11.6. The molecular weight excluding hydrogens is 300 g/mol. The minimum atomic E-state index is 0.285. The number of rotatable bonds is 6. The van der Waals surface area contributed by atoms with Gasteiger partial charge in [-0.1, -0.05) is 6.42 Å². The Morgan fingerprint density at radius 1 is 1.25 bits per heavy atom. The molecule has 2 saturated carbocycles. The van der Waals surface area contributed by atoms with Crippen LogP contribution in [0.2, 0.25) is 0 Å². The predicted molar refractivity (Wildman–Crippen MR) is 93.4 cm³/mol. The van der Waals surface area contributed by atoms with Crippen molar-refractivity contribution < 1.29 is 4.79 Å². The highest BCUT2D eigenvalue weighted by atomic mass is 16.1. The Morgan fingerprint density at radius 3 is 2.62 bits per heavy atom. The van der Waals surface area contributed by atoms with Crippen LogP contribution in [0.5, 0.6) is 0 Å². The van der Waals surface area contributed by atoms with Gasteiger partial charge < -0.3 is 5.32 Å². The topological polar surface area (TPSA) is 61.0 Å². The maximum absolute atomic E-state index is 12.4. The van der Waals surface area contributed by atoms with Crippen molar-refractivity contribution in [2.75, 3.05) is 13.1 Å². The fourth-order valence-corrected chi connectivity index (χ4v) is 4.45. The van der Waals surface area contributed by atoms with E-state index in [0.717, 1.165) is 37.7 Å². The molecule has 0 radical (unpaired) electrons. The van der Waals surface area contributed by atoms with E-state index in [4.69, 9.17) is 0 Å². The van der Waals surface area contributed by atoms with E-state index in [1.807, 2.05) is 0 Å². The molecule has 2 aliphatic carbocycles. The molecule has 1 aliphatic heterocycles. The summed E-state index contributed by atoms with van der Waals surface area (Å²) in [5, 5.41) is 10.8. The Balaban J connectivity index is 1.37. The maximum Gasteiger partial charge on any atom is 0.220 e. The lowest BCUT2D eigenvalue weighted by Crippen LogP contribution is -2.42. The third-order valence-electron chi connectivity index (χ3n) is 6.38. The largest absolute Gasteiger partial charge is 0.352 e. The Kier molecular flexibility index (Phi) is 4.37. The van der Waals surface area contributed by atoms with Crippen LogP contribution in [0.1, 0.15) is 55.5 Å². The summed E-state index contributed by atoms with van der Waals surface area (Å²) in [5.74, 6) is 2.41. The Hall–Kier alpha value is -1.36. The Labute approximate surface area is 144 Å². The third kappa shape index (κ3) is 3.37. The molecule has 3 fully saturated rings. The second-order valence-corrected chi connectivity index (χ2v) is 8.28. The molecule has 2 heterocycles. The van der Waals surface area contributed by atoms with Crippen molar-refractivity contribution in [3.63, 3.8) is 0 Å². The van der Waals surface area contributed by atoms with Crippen LogP contribution in [-0.2, 0) is 11.3 Å². The molecule has 0 spiro atoms. The van der Waals surface area contributed by atoms with Crippen LogP contribution < -0.4 is 5.32 Å². The number of nitrogens with zero attached hydrogens (tertiary/aromatic N) is 2. The average Bonchev–Trinajstić information content (AvgIpc) is 3.21. The zero-order valence-corrected chi connectivity index (χ0v) is 15.0. The Morgan fingerprint density at radius 2 is 2.04 bits per heavy atom. The molecule has 0 bridgehead atoms. The summed E-state index contributed by atoms with van der Waals surface area (Å²) in [4.78, 5) is 14.9. The number of nitrogens with one attached hydrogen (secondary N) is 2. The van der Waals surface area contributed by atoms with E-state index in [2.05, 4.69) is 34.3 Å². The van der Waals surface area contributed by atoms with E-state index >= 15 is 0 Å². The smallest absolute Gasteiger partial charge is 0.220 e. The molecule has 2 atom stereocenters. The normalized spacial score (nSPS) is 28.1. The first kappa shape index (κ1) is 16.1. The second kappa shape index (κ2) is 6.51. The molecule has 1 saturated heterocycles. The number of likely N-dealkylation sites (tertiary alicyclic amines) is 1. The van der Waals surface area contributed by atoms with E-state index in [1.165, 1.54) is 43.4 Å². The highest BCUT2D eigenvalue weighted by Gasteiger charge is 2.43. The highest BCUT2D eigenvalue weighted by Crippen LogP contribution is 2.42. The van der Waals surface area contributed by atoms with Gasteiger partial charge >= 0.3 is 0 Å². The molecule has 3 aliphatic rings. The number of hydrogen-bond donors (Lipinski definition) is 2. The minimum Gasteiger partial charge on any atom is -0.352 e. The summed E-state index contributed by atoms with van der Waals surface area (Å²) >= 11 is 0. The summed E-state index contributed by atoms with van der Waals surface area (Å²) in [6.07, 6.45) is 7.23. The molecule has 0 unspecified atom stereocenters. The van der Waals surface area contributed by atoms with Crippen molar-refractivity contribution in [1.82, 2.24) is 20.4 Å². The van der Waals surface area contributed by atoms with E-state index in [0.29, 0.717) is 17.9 Å². The van der Waals surface area contributed by atoms with Gasteiger partial charge in [-0.15, -0.1) is 0 Å². The number of hydrogen-bond acceptors (Lipinski definition) is 3. The number of H-pyrrole nitrogens is 1. The first-order valence-corrected chi connectivity index (χ1v) is 9.62.